The maximum absolute atomic E-state index is 13.5. The van der Waals surface area contributed by atoms with Crippen molar-refractivity contribution >= 4 is 44.9 Å². The molecule has 1 aliphatic rings. The van der Waals surface area contributed by atoms with E-state index in [4.69, 9.17) is 0 Å². The van der Waals surface area contributed by atoms with Gasteiger partial charge >= 0.3 is 0 Å². The Hall–Kier alpha value is -2.45. The van der Waals surface area contributed by atoms with Crippen LogP contribution >= 0.6 is 23.1 Å². The number of carbonyl (C=O) groups is 1. The highest BCUT2D eigenvalue weighted by molar-refractivity contribution is 8.05. The molecule has 0 saturated carbocycles. The Morgan fingerprint density at radius 3 is 2.61 bits per heavy atom. The number of anilines is 1. The molecule has 0 spiro atoms. The lowest BCUT2D eigenvalue weighted by Gasteiger charge is -2.18. The van der Waals surface area contributed by atoms with Crippen molar-refractivity contribution in [3.05, 3.63) is 58.6 Å². The number of allylic oxidation sites excluding steroid dienone is 1. The van der Waals surface area contributed by atoms with Gasteiger partial charge in [0.1, 0.15) is 5.01 Å². The third kappa shape index (κ3) is 3.62. The molecule has 0 bridgehead atoms. The second-order valence-electron chi connectivity index (χ2n) is 6.98. The van der Waals surface area contributed by atoms with Gasteiger partial charge in [0.2, 0.25) is 0 Å². The molecule has 0 atom stereocenters. The zero-order chi connectivity index (χ0) is 20.1. The second-order valence-corrected chi connectivity index (χ2v) is 9.64. The highest BCUT2D eigenvalue weighted by atomic mass is 32.2. The van der Waals surface area contributed by atoms with E-state index in [1.54, 1.807) is 6.07 Å². The Morgan fingerprint density at radius 1 is 1.14 bits per heavy atom. The molecule has 144 valence electrons. The van der Waals surface area contributed by atoms with Crippen molar-refractivity contribution in [2.75, 3.05) is 5.32 Å². The minimum atomic E-state index is -0.904. The molecule has 1 amide bonds. The second kappa shape index (κ2) is 6.86. The van der Waals surface area contributed by atoms with Crippen molar-refractivity contribution < 1.29 is 13.6 Å². The molecular weight excluding hydrogens is 400 g/mol. The van der Waals surface area contributed by atoms with Crippen LogP contribution in [0.3, 0.4) is 0 Å². The maximum Gasteiger partial charge on any atom is 0.263 e. The van der Waals surface area contributed by atoms with Crippen LogP contribution in [0.25, 0.3) is 20.8 Å². The van der Waals surface area contributed by atoms with E-state index in [9.17, 15) is 13.6 Å². The Morgan fingerprint density at radius 2 is 1.93 bits per heavy atom. The largest absolute Gasteiger partial charge is 0.373 e. The number of hydrogen-bond donors (Lipinski definition) is 2. The van der Waals surface area contributed by atoms with Crippen LogP contribution in [-0.2, 0) is 4.79 Å². The van der Waals surface area contributed by atoms with Crippen molar-refractivity contribution in [2.45, 2.75) is 25.6 Å². The molecule has 1 aromatic heterocycles. The van der Waals surface area contributed by atoms with Crippen molar-refractivity contribution in [1.29, 1.82) is 0 Å². The fourth-order valence-electron chi connectivity index (χ4n) is 3.03. The first kappa shape index (κ1) is 18.9. The first-order valence-electron chi connectivity index (χ1n) is 8.57. The van der Waals surface area contributed by atoms with Crippen LogP contribution in [-0.4, -0.2) is 15.8 Å². The fraction of sp³-hybridized carbons (Fsp3) is 0.200. The normalized spacial score (nSPS) is 15.8. The van der Waals surface area contributed by atoms with E-state index in [-0.39, 0.29) is 10.8 Å². The standard InChI is InChI=1S/C20H17F2N3OS2/c1-10-17(28-20(2,3)25-10)18(26)23-12-5-7-16-15(9-12)24-19(27-16)11-4-6-13(21)14(22)8-11/h4-9,25H,1-3H3,(H,23,26). The Bertz CT molecular complexity index is 1140. The van der Waals surface area contributed by atoms with Gasteiger partial charge in [-0.05, 0) is 57.2 Å². The van der Waals surface area contributed by atoms with Gasteiger partial charge < -0.3 is 10.6 Å². The number of hydrogen-bond acceptors (Lipinski definition) is 5. The van der Waals surface area contributed by atoms with Gasteiger partial charge in [0, 0.05) is 16.9 Å². The van der Waals surface area contributed by atoms with Crippen LogP contribution < -0.4 is 10.6 Å². The van der Waals surface area contributed by atoms with Gasteiger partial charge in [-0.2, -0.15) is 0 Å². The maximum atomic E-state index is 13.5. The predicted molar refractivity (Wildman–Crippen MR) is 111 cm³/mol. The van der Waals surface area contributed by atoms with Crippen LogP contribution in [0.4, 0.5) is 14.5 Å². The van der Waals surface area contributed by atoms with Gasteiger partial charge in [-0.25, -0.2) is 13.8 Å². The van der Waals surface area contributed by atoms with E-state index in [0.29, 0.717) is 26.7 Å². The zero-order valence-electron chi connectivity index (χ0n) is 15.4. The summed E-state index contributed by atoms with van der Waals surface area (Å²) in [6.07, 6.45) is 0. The number of nitrogens with one attached hydrogen (secondary N) is 2. The van der Waals surface area contributed by atoms with Gasteiger partial charge in [-0.15, -0.1) is 11.3 Å². The number of aromatic nitrogens is 1. The van der Waals surface area contributed by atoms with Crippen LogP contribution in [0, 0.1) is 11.6 Å². The van der Waals surface area contributed by atoms with Gasteiger partial charge in [0.25, 0.3) is 5.91 Å². The number of carbonyl (C=O) groups excluding carboxylic acids is 1. The zero-order valence-corrected chi connectivity index (χ0v) is 17.0. The molecule has 4 nitrogen and oxygen atoms in total. The van der Waals surface area contributed by atoms with Crippen molar-refractivity contribution in [3.8, 4) is 10.6 Å². The summed E-state index contributed by atoms with van der Waals surface area (Å²) in [4.78, 5) is 17.6. The Labute approximate surface area is 169 Å². The first-order valence-corrected chi connectivity index (χ1v) is 10.2. The summed E-state index contributed by atoms with van der Waals surface area (Å²) in [6.45, 7) is 5.92. The van der Waals surface area contributed by atoms with E-state index in [2.05, 4.69) is 15.6 Å². The minimum absolute atomic E-state index is 0.170. The lowest BCUT2D eigenvalue weighted by Crippen LogP contribution is -2.29. The molecule has 2 aromatic carbocycles. The molecule has 2 N–H and O–H groups in total. The monoisotopic (exact) mass is 417 g/mol. The number of thioether (sulfide) groups is 1. The first-order chi connectivity index (χ1) is 13.2. The molecule has 8 heteroatoms. The number of rotatable bonds is 3. The third-order valence-corrected chi connectivity index (χ3v) is 6.60. The molecule has 3 aromatic rings. The summed E-state index contributed by atoms with van der Waals surface area (Å²) < 4.78 is 27.6. The van der Waals surface area contributed by atoms with Crippen LogP contribution in [0.2, 0.25) is 0 Å². The summed E-state index contributed by atoms with van der Waals surface area (Å²) in [7, 11) is 0. The van der Waals surface area contributed by atoms with E-state index < -0.39 is 11.6 Å². The quantitative estimate of drug-likeness (QED) is 0.592. The molecule has 0 aliphatic carbocycles. The van der Waals surface area contributed by atoms with Gasteiger partial charge in [-0.1, -0.05) is 11.8 Å². The summed E-state index contributed by atoms with van der Waals surface area (Å²) in [5.74, 6) is -1.96. The predicted octanol–water partition coefficient (Wildman–Crippen LogP) is 5.48. The molecular formula is C20H17F2N3OS2. The van der Waals surface area contributed by atoms with E-state index >= 15 is 0 Å². The fourth-order valence-corrected chi connectivity index (χ4v) is 5.03. The summed E-state index contributed by atoms with van der Waals surface area (Å²) in [6, 6.07) is 9.17. The topological polar surface area (TPSA) is 54.0 Å². The average Bonchev–Trinajstić information content (AvgIpc) is 3.16. The van der Waals surface area contributed by atoms with E-state index in [0.717, 1.165) is 22.5 Å². The van der Waals surface area contributed by atoms with Gasteiger partial charge in [0.05, 0.1) is 20.0 Å². The highest BCUT2D eigenvalue weighted by Crippen LogP contribution is 2.39. The lowest BCUT2D eigenvalue weighted by molar-refractivity contribution is -0.112. The van der Waals surface area contributed by atoms with Gasteiger partial charge in [0.15, 0.2) is 11.6 Å². The smallest absolute Gasteiger partial charge is 0.263 e. The van der Waals surface area contributed by atoms with Crippen LogP contribution in [0.5, 0.6) is 0 Å². The minimum Gasteiger partial charge on any atom is -0.373 e. The summed E-state index contributed by atoms with van der Waals surface area (Å²) in [5, 5.41) is 6.78. The Balaban J connectivity index is 1.59. The lowest BCUT2D eigenvalue weighted by atomic mass is 10.2. The molecule has 2 heterocycles. The van der Waals surface area contributed by atoms with Crippen LogP contribution in [0.1, 0.15) is 20.8 Å². The van der Waals surface area contributed by atoms with Crippen molar-refractivity contribution in [1.82, 2.24) is 10.3 Å². The molecule has 0 fully saturated rings. The number of nitrogens with zero attached hydrogens (tertiary/aromatic N) is 1. The SMILES string of the molecule is CC1=C(C(=O)Nc2ccc3sc(-c4ccc(F)c(F)c4)nc3c2)SC(C)(C)N1. The average molecular weight is 418 g/mol. The number of fused-ring (bicyclic) bond motifs is 1. The number of amides is 1. The van der Waals surface area contributed by atoms with Crippen molar-refractivity contribution in [3.63, 3.8) is 0 Å². The van der Waals surface area contributed by atoms with Gasteiger partial charge in [-0.3, -0.25) is 4.79 Å². The number of benzene rings is 2. The highest BCUT2D eigenvalue weighted by Gasteiger charge is 2.32. The molecule has 1 aliphatic heterocycles. The molecule has 28 heavy (non-hydrogen) atoms. The van der Waals surface area contributed by atoms with Crippen LogP contribution in [0.15, 0.2) is 47.0 Å². The Kier molecular flexibility index (Phi) is 4.63. The van der Waals surface area contributed by atoms with E-state index in [1.165, 1.54) is 29.2 Å². The summed E-state index contributed by atoms with van der Waals surface area (Å²) >= 11 is 2.87. The number of thiazole rings is 1. The molecule has 0 unspecified atom stereocenters. The third-order valence-electron chi connectivity index (χ3n) is 4.20. The van der Waals surface area contributed by atoms with Crippen molar-refractivity contribution in [2.24, 2.45) is 0 Å². The summed E-state index contributed by atoms with van der Waals surface area (Å²) in [5.41, 5.74) is 2.68. The molecule has 0 saturated heterocycles. The molecule has 0 radical (unpaired) electrons. The number of halogens is 2. The van der Waals surface area contributed by atoms with E-state index in [1.807, 2.05) is 32.9 Å². The molecule has 4 rings (SSSR count).